The molecule has 50 heavy (non-hydrogen) atoms. The van der Waals surface area contributed by atoms with Crippen molar-refractivity contribution in [3.63, 3.8) is 0 Å². The second kappa shape index (κ2) is 11.6. The average Bonchev–Trinajstić information content (AvgIpc) is 3.88. The Labute approximate surface area is 286 Å². The van der Waals surface area contributed by atoms with Crippen LogP contribution in [-0.4, -0.2) is 107 Å². The van der Waals surface area contributed by atoms with Crippen LogP contribution in [0.15, 0.2) is 47.5 Å². The summed E-state index contributed by atoms with van der Waals surface area (Å²) >= 11 is 0. The second-order valence-corrected chi connectivity index (χ2v) is 14.0. The quantitative estimate of drug-likeness (QED) is 0.386. The Bertz CT molecular complexity index is 2030. The van der Waals surface area contributed by atoms with Crippen LogP contribution in [0.2, 0.25) is 0 Å². The summed E-state index contributed by atoms with van der Waals surface area (Å²) in [4.78, 5) is 74.0. The molecule has 9 rings (SSSR count). The molecule has 0 radical (unpaired) electrons. The molecule has 4 saturated heterocycles. The molecule has 5 amide bonds. The van der Waals surface area contributed by atoms with Crippen LogP contribution in [0.1, 0.15) is 68.7 Å². The number of anilines is 2. The number of amides is 5. The number of benzene rings is 2. The summed E-state index contributed by atoms with van der Waals surface area (Å²) in [6.45, 7) is 4.14. The van der Waals surface area contributed by atoms with Crippen LogP contribution in [-0.2, 0) is 9.59 Å². The van der Waals surface area contributed by atoms with Gasteiger partial charge in [0.15, 0.2) is 5.82 Å². The minimum Gasteiger partial charge on any atom is -0.363 e. The third-order valence-corrected chi connectivity index (χ3v) is 11.2. The van der Waals surface area contributed by atoms with Crippen molar-refractivity contribution in [1.29, 1.82) is 0 Å². The fraction of sp³-hybridized carbons (Fsp3) is 0.389. The van der Waals surface area contributed by atoms with Gasteiger partial charge in [-0.25, -0.2) is 9.38 Å². The van der Waals surface area contributed by atoms with Gasteiger partial charge < -0.3 is 9.80 Å². The van der Waals surface area contributed by atoms with Gasteiger partial charge in [0.2, 0.25) is 11.8 Å². The lowest BCUT2D eigenvalue weighted by Gasteiger charge is -2.39. The largest absolute Gasteiger partial charge is 0.363 e. The number of aromatic nitrogens is 2. The van der Waals surface area contributed by atoms with Crippen molar-refractivity contribution in [2.24, 2.45) is 10.9 Å². The van der Waals surface area contributed by atoms with Gasteiger partial charge in [-0.2, -0.15) is 0 Å². The van der Waals surface area contributed by atoms with E-state index in [2.05, 4.69) is 30.3 Å². The van der Waals surface area contributed by atoms with E-state index in [4.69, 9.17) is 0 Å². The lowest BCUT2D eigenvalue weighted by molar-refractivity contribution is -0.136. The molecular formula is C36H33FN8O5. The van der Waals surface area contributed by atoms with Crippen LogP contribution in [0.3, 0.4) is 0 Å². The minimum atomic E-state index is -1.09. The summed E-state index contributed by atoms with van der Waals surface area (Å²) in [7, 11) is 0. The first-order valence-corrected chi connectivity index (χ1v) is 17.1. The van der Waals surface area contributed by atoms with Crippen molar-refractivity contribution in [3.05, 3.63) is 70.5 Å². The van der Waals surface area contributed by atoms with E-state index in [0.29, 0.717) is 29.4 Å². The molecule has 3 unspecified atom stereocenters. The van der Waals surface area contributed by atoms with Gasteiger partial charge in [-0.3, -0.25) is 39.1 Å². The highest BCUT2D eigenvalue weighted by Crippen LogP contribution is 2.40. The number of imide groups is 2. The molecule has 1 N–H and O–H groups in total. The van der Waals surface area contributed by atoms with Crippen LogP contribution in [0, 0.1) is 11.7 Å². The van der Waals surface area contributed by atoms with E-state index in [1.165, 1.54) is 6.07 Å². The molecule has 2 bridgehead atoms. The first kappa shape index (κ1) is 30.7. The smallest absolute Gasteiger partial charge is 0.277 e. The molecule has 0 spiro atoms. The van der Waals surface area contributed by atoms with E-state index in [9.17, 15) is 24.0 Å². The van der Waals surface area contributed by atoms with Gasteiger partial charge in [-0.05, 0) is 61.9 Å². The van der Waals surface area contributed by atoms with Crippen LogP contribution < -0.4 is 15.1 Å². The molecular weight excluding hydrogens is 643 g/mol. The van der Waals surface area contributed by atoms with Crippen molar-refractivity contribution in [3.8, 4) is 11.3 Å². The topological polar surface area (TPSA) is 148 Å². The Morgan fingerprint density at radius 3 is 2.36 bits per heavy atom. The maximum Gasteiger partial charge on any atom is 0.277 e. The number of aliphatic imine (C=N–C) groups is 1. The SMILES string of the molecule is O=C1CCC(N2C(=O)c3cc(F)c(N4CC5CC4CN5CC4CCN(c5ccc(-c6ccc7c(c6)C(=O)N=C7)nn5)CC4)cc3C2=O)C(=O)N1. The number of carbonyl (C=O) groups is 5. The lowest BCUT2D eigenvalue weighted by Crippen LogP contribution is -2.54. The number of halogens is 1. The summed E-state index contributed by atoms with van der Waals surface area (Å²) in [5, 5.41) is 11.1. The summed E-state index contributed by atoms with van der Waals surface area (Å²) in [5.41, 5.74) is 3.29. The van der Waals surface area contributed by atoms with Crippen LogP contribution >= 0.6 is 0 Å². The number of nitrogens with zero attached hydrogens (tertiary/aromatic N) is 7. The monoisotopic (exact) mass is 676 g/mol. The second-order valence-electron chi connectivity index (χ2n) is 14.0. The number of rotatable bonds is 6. The fourth-order valence-corrected chi connectivity index (χ4v) is 8.50. The molecule has 3 atom stereocenters. The third-order valence-electron chi connectivity index (χ3n) is 11.2. The summed E-state index contributed by atoms with van der Waals surface area (Å²) in [6, 6.07) is 11.4. The van der Waals surface area contributed by atoms with Crippen molar-refractivity contribution in [1.82, 2.24) is 25.3 Å². The van der Waals surface area contributed by atoms with Crippen LogP contribution in [0.5, 0.6) is 0 Å². The zero-order valence-corrected chi connectivity index (χ0v) is 27.0. The Morgan fingerprint density at radius 1 is 0.840 bits per heavy atom. The number of hydrogen-bond donors (Lipinski definition) is 1. The van der Waals surface area contributed by atoms with Gasteiger partial charge in [0, 0.05) is 68.6 Å². The highest BCUT2D eigenvalue weighted by Gasteiger charge is 2.48. The highest BCUT2D eigenvalue weighted by molar-refractivity contribution is 6.23. The molecule has 13 nitrogen and oxygen atoms in total. The van der Waals surface area contributed by atoms with Crippen molar-refractivity contribution < 1.29 is 28.4 Å². The number of fused-ring (bicyclic) bond motifs is 4. The number of hydrogen-bond acceptors (Lipinski definition) is 10. The molecule has 3 aromatic rings. The molecule has 0 aliphatic carbocycles. The molecule has 6 aliphatic rings. The van der Waals surface area contributed by atoms with Crippen LogP contribution in [0.25, 0.3) is 11.3 Å². The standard InChI is InChI=1S/C36H33FN8O5/c37-27-13-25-26(36(50)45(35(25)49)29-4-6-32(46)39-34(29)48)14-30(27)44-18-22-12-23(44)17-43(22)16-19-7-9-42(10-8-19)31-5-3-28(40-41-31)20-1-2-21-15-38-33(47)24(21)11-20/h1-3,5,11,13-15,19,22-23,29H,4,6-10,12,16-18H2,(H,39,46,48). The molecule has 7 heterocycles. The number of likely N-dealkylation sites (tertiary alicyclic amines) is 1. The summed E-state index contributed by atoms with van der Waals surface area (Å²) < 4.78 is 15.5. The summed E-state index contributed by atoms with van der Waals surface area (Å²) in [5.74, 6) is -1.92. The average molecular weight is 677 g/mol. The third kappa shape index (κ3) is 4.99. The maximum atomic E-state index is 15.5. The molecule has 1 aromatic heterocycles. The minimum absolute atomic E-state index is 0.0250. The summed E-state index contributed by atoms with van der Waals surface area (Å²) in [6.07, 6.45) is 4.60. The van der Waals surface area contributed by atoms with E-state index in [0.717, 1.165) is 73.4 Å². The van der Waals surface area contributed by atoms with Gasteiger partial charge in [0.05, 0.1) is 28.1 Å². The predicted octanol–water partition coefficient (Wildman–Crippen LogP) is 2.44. The van der Waals surface area contributed by atoms with Crippen molar-refractivity contribution >= 4 is 47.3 Å². The Morgan fingerprint density at radius 2 is 1.64 bits per heavy atom. The number of carbonyl (C=O) groups excluding carboxylic acids is 5. The van der Waals surface area contributed by atoms with Crippen LogP contribution in [0.4, 0.5) is 15.9 Å². The zero-order chi connectivity index (χ0) is 34.3. The van der Waals surface area contributed by atoms with Gasteiger partial charge >= 0.3 is 0 Å². The van der Waals surface area contributed by atoms with E-state index in [1.807, 2.05) is 35.2 Å². The number of nitrogens with one attached hydrogen (secondary N) is 1. The van der Waals surface area contributed by atoms with E-state index in [1.54, 1.807) is 6.21 Å². The molecule has 4 fully saturated rings. The first-order valence-electron chi connectivity index (χ1n) is 17.1. The van der Waals surface area contributed by atoms with Crippen molar-refractivity contribution in [2.45, 2.75) is 50.2 Å². The van der Waals surface area contributed by atoms with Crippen molar-refractivity contribution in [2.75, 3.05) is 42.5 Å². The highest BCUT2D eigenvalue weighted by atomic mass is 19.1. The van der Waals surface area contributed by atoms with Gasteiger partial charge in [-0.15, -0.1) is 10.2 Å². The Hall–Kier alpha value is -5.37. The van der Waals surface area contributed by atoms with Gasteiger partial charge in [0.1, 0.15) is 11.9 Å². The predicted molar refractivity (Wildman–Crippen MR) is 179 cm³/mol. The molecule has 254 valence electrons. The lowest BCUT2D eigenvalue weighted by atomic mass is 9.95. The normalized spacial score (nSPS) is 24.9. The van der Waals surface area contributed by atoms with E-state index < -0.39 is 35.5 Å². The molecule has 6 aliphatic heterocycles. The van der Waals surface area contributed by atoms with E-state index >= 15 is 4.39 Å². The Kier molecular flexibility index (Phi) is 7.12. The first-order chi connectivity index (χ1) is 24.2. The number of piperazine rings is 1. The molecule has 0 saturated carbocycles. The zero-order valence-electron chi connectivity index (χ0n) is 27.0. The molecule has 14 heteroatoms. The van der Waals surface area contributed by atoms with E-state index in [-0.39, 0.29) is 42.0 Å². The molecule has 2 aromatic carbocycles. The maximum absolute atomic E-state index is 15.5. The Balaban J connectivity index is 0.804. The van der Waals surface area contributed by atoms with Gasteiger partial charge in [0.25, 0.3) is 17.7 Å². The fourth-order valence-electron chi connectivity index (χ4n) is 8.50. The van der Waals surface area contributed by atoms with Gasteiger partial charge in [-0.1, -0.05) is 12.1 Å². The number of piperidine rings is 2.